The molecule has 0 saturated carbocycles. The fourth-order valence-corrected chi connectivity index (χ4v) is 4.21. The van der Waals surface area contributed by atoms with E-state index in [2.05, 4.69) is 20.8 Å². The molecule has 1 saturated heterocycles. The Labute approximate surface area is 187 Å². The lowest BCUT2D eigenvalue weighted by Crippen LogP contribution is -2.48. The molecule has 1 fully saturated rings. The van der Waals surface area contributed by atoms with Crippen LogP contribution in [0.25, 0.3) is 5.65 Å². The lowest BCUT2D eigenvalue weighted by atomic mass is 9.93. The van der Waals surface area contributed by atoms with E-state index in [1.165, 1.54) is 17.5 Å². The number of benzene rings is 1. The van der Waals surface area contributed by atoms with Crippen molar-refractivity contribution < 1.29 is 22.8 Å². The van der Waals surface area contributed by atoms with Gasteiger partial charge in [-0.1, -0.05) is 30.3 Å². The molecule has 174 valence electrons. The van der Waals surface area contributed by atoms with Crippen molar-refractivity contribution in [2.45, 2.75) is 31.0 Å². The van der Waals surface area contributed by atoms with Gasteiger partial charge in [0.25, 0.3) is 0 Å². The number of alkyl halides is 3. The van der Waals surface area contributed by atoms with Crippen molar-refractivity contribution in [1.82, 2.24) is 30.1 Å². The van der Waals surface area contributed by atoms with Gasteiger partial charge in [0.1, 0.15) is 11.9 Å². The molecule has 3 aromatic rings. The highest BCUT2D eigenvalue weighted by Gasteiger charge is 2.35. The third kappa shape index (κ3) is 4.82. The van der Waals surface area contributed by atoms with E-state index >= 15 is 0 Å². The van der Waals surface area contributed by atoms with Crippen LogP contribution in [-0.4, -0.2) is 51.6 Å². The van der Waals surface area contributed by atoms with Gasteiger partial charge in [-0.25, -0.2) is 4.79 Å². The number of amides is 3. The molecule has 0 spiro atoms. The fraction of sp³-hybridized carbons (Fsp3) is 0.364. The zero-order valence-electron chi connectivity index (χ0n) is 17.8. The van der Waals surface area contributed by atoms with Crippen molar-refractivity contribution in [2.75, 3.05) is 20.1 Å². The highest BCUT2D eigenvalue weighted by Crippen LogP contribution is 2.34. The summed E-state index contributed by atoms with van der Waals surface area (Å²) in [5.41, 5.74) is 0.257. The van der Waals surface area contributed by atoms with Crippen LogP contribution in [0.5, 0.6) is 0 Å². The minimum Gasteiger partial charge on any atom is -0.341 e. The van der Waals surface area contributed by atoms with Gasteiger partial charge in [0.05, 0.1) is 5.56 Å². The molecule has 1 aliphatic rings. The number of hydrogen-bond acceptors (Lipinski definition) is 5. The first-order chi connectivity index (χ1) is 15.8. The molecule has 2 N–H and O–H groups in total. The monoisotopic (exact) mass is 460 g/mol. The first kappa shape index (κ1) is 22.7. The summed E-state index contributed by atoms with van der Waals surface area (Å²) in [6.07, 6.45) is -2.08. The number of likely N-dealkylation sites (tertiary alicyclic amines) is 1. The number of nitrogens with one attached hydrogen (secondary N) is 2. The van der Waals surface area contributed by atoms with Gasteiger partial charge < -0.3 is 5.32 Å². The SMILES string of the molecule is CNC(=O)NC(=O)[C@@H](c1ccccc1)N1CCC[C@H](c2nnc3ccc(C(F)(F)F)cn23)C1. The molecular formula is C22H23F3N6O2. The molecule has 8 nitrogen and oxygen atoms in total. The molecule has 11 heteroatoms. The highest BCUT2D eigenvalue weighted by atomic mass is 19.4. The molecule has 4 rings (SSSR count). The van der Waals surface area contributed by atoms with Crippen LogP contribution in [-0.2, 0) is 11.0 Å². The maximum absolute atomic E-state index is 13.2. The number of rotatable bonds is 4. The van der Waals surface area contributed by atoms with Crippen molar-refractivity contribution in [3.05, 3.63) is 65.6 Å². The summed E-state index contributed by atoms with van der Waals surface area (Å²) < 4.78 is 41.1. The first-order valence-corrected chi connectivity index (χ1v) is 10.5. The Balaban J connectivity index is 1.65. The van der Waals surface area contributed by atoms with E-state index in [0.717, 1.165) is 12.3 Å². The van der Waals surface area contributed by atoms with Crippen LogP contribution in [0.3, 0.4) is 0 Å². The van der Waals surface area contributed by atoms with Gasteiger partial charge in [-0.2, -0.15) is 13.2 Å². The number of carbonyl (C=O) groups excluding carboxylic acids is 2. The van der Waals surface area contributed by atoms with E-state index in [-0.39, 0.29) is 5.92 Å². The maximum Gasteiger partial charge on any atom is 0.417 e. The number of pyridine rings is 1. The predicted octanol–water partition coefficient (Wildman–Crippen LogP) is 3.12. The largest absolute Gasteiger partial charge is 0.417 e. The van der Waals surface area contributed by atoms with Crippen LogP contribution in [0.15, 0.2) is 48.7 Å². The van der Waals surface area contributed by atoms with Crippen LogP contribution in [0.2, 0.25) is 0 Å². The quantitative estimate of drug-likeness (QED) is 0.624. The smallest absolute Gasteiger partial charge is 0.341 e. The second-order valence-corrected chi connectivity index (χ2v) is 7.92. The fourth-order valence-electron chi connectivity index (χ4n) is 4.21. The minimum atomic E-state index is -4.48. The maximum atomic E-state index is 13.2. The number of nitrogens with zero attached hydrogens (tertiary/aromatic N) is 4. The third-order valence-corrected chi connectivity index (χ3v) is 5.77. The van der Waals surface area contributed by atoms with E-state index in [9.17, 15) is 22.8 Å². The van der Waals surface area contributed by atoms with Gasteiger partial charge in [0.2, 0.25) is 5.91 Å². The molecule has 3 heterocycles. The van der Waals surface area contributed by atoms with Crippen LogP contribution in [0, 0.1) is 0 Å². The van der Waals surface area contributed by atoms with Crippen LogP contribution < -0.4 is 10.6 Å². The van der Waals surface area contributed by atoms with Crippen molar-refractivity contribution in [3.8, 4) is 0 Å². The average molecular weight is 460 g/mol. The Kier molecular flexibility index (Phi) is 6.32. The molecule has 2 aromatic heterocycles. The van der Waals surface area contributed by atoms with E-state index in [4.69, 9.17) is 0 Å². The van der Waals surface area contributed by atoms with Gasteiger partial charge in [-0.05, 0) is 37.1 Å². The Bertz CT molecular complexity index is 1150. The van der Waals surface area contributed by atoms with Crippen molar-refractivity contribution in [2.24, 2.45) is 0 Å². The van der Waals surface area contributed by atoms with Crippen molar-refractivity contribution in [3.63, 3.8) is 0 Å². The first-order valence-electron chi connectivity index (χ1n) is 10.5. The molecule has 33 heavy (non-hydrogen) atoms. The zero-order chi connectivity index (χ0) is 23.6. The number of aromatic nitrogens is 3. The number of carbonyl (C=O) groups is 2. The molecule has 0 bridgehead atoms. The molecule has 1 aromatic carbocycles. The summed E-state index contributed by atoms with van der Waals surface area (Å²) in [4.78, 5) is 26.7. The Morgan fingerprint density at radius 1 is 1.12 bits per heavy atom. The van der Waals surface area contributed by atoms with E-state index in [0.29, 0.717) is 43.0 Å². The lowest BCUT2D eigenvalue weighted by molar-refractivity contribution is -0.138. The molecule has 3 amide bonds. The standard InChI is InChI=1S/C22H23F3N6O2/c1-26-21(33)27-20(32)18(14-6-3-2-4-7-14)30-11-5-8-15(12-30)19-29-28-17-10-9-16(13-31(17)19)22(23,24)25/h2-4,6-7,9-10,13,15,18H,5,8,11-12H2,1H3,(H2,26,27,32,33)/t15-,18+/m0/s1. The van der Waals surface area contributed by atoms with Crippen LogP contribution >= 0.6 is 0 Å². The van der Waals surface area contributed by atoms with Gasteiger partial charge >= 0.3 is 12.2 Å². The number of piperidine rings is 1. The van der Waals surface area contributed by atoms with E-state index in [1.807, 2.05) is 23.1 Å². The minimum absolute atomic E-state index is 0.240. The summed E-state index contributed by atoms with van der Waals surface area (Å²) in [7, 11) is 1.42. The summed E-state index contributed by atoms with van der Waals surface area (Å²) >= 11 is 0. The number of urea groups is 1. The summed E-state index contributed by atoms with van der Waals surface area (Å²) in [5.74, 6) is -0.303. The zero-order valence-corrected chi connectivity index (χ0v) is 17.8. The predicted molar refractivity (Wildman–Crippen MR) is 113 cm³/mol. The lowest BCUT2D eigenvalue weighted by Gasteiger charge is -2.37. The molecule has 0 aliphatic carbocycles. The summed E-state index contributed by atoms with van der Waals surface area (Å²) in [5, 5.41) is 12.9. The molecule has 0 unspecified atom stereocenters. The normalized spacial score (nSPS) is 18.1. The highest BCUT2D eigenvalue weighted by molar-refractivity contribution is 5.97. The Hall–Kier alpha value is -3.47. The van der Waals surface area contributed by atoms with Gasteiger partial charge in [0.15, 0.2) is 5.65 Å². The number of halogens is 3. The third-order valence-electron chi connectivity index (χ3n) is 5.77. The number of fused-ring (bicyclic) bond motifs is 1. The molecule has 2 atom stereocenters. The van der Waals surface area contributed by atoms with E-state index in [1.54, 1.807) is 12.1 Å². The molecule has 1 aliphatic heterocycles. The topological polar surface area (TPSA) is 91.6 Å². The molecule has 0 radical (unpaired) electrons. The molecular weight excluding hydrogens is 437 g/mol. The second kappa shape index (κ2) is 9.18. The van der Waals surface area contributed by atoms with Crippen LogP contribution in [0.4, 0.5) is 18.0 Å². The number of imide groups is 1. The Morgan fingerprint density at radius 3 is 2.58 bits per heavy atom. The van der Waals surface area contributed by atoms with Crippen LogP contribution in [0.1, 0.15) is 41.8 Å². The number of hydrogen-bond donors (Lipinski definition) is 2. The van der Waals surface area contributed by atoms with Gasteiger partial charge in [0, 0.05) is 25.7 Å². The average Bonchev–Trinajstić information content (AvgIpc) is 3.23. The Morgan fingerprint density at radius 2 is 1.88 bits per heavy atom. The van der Waals surface area contributed by atoms with Crippen molar-refractivity contribution >= 4 is 17.6 Å². The van der Waals surface area contributed by atoms with Gasteiger partial charge in [-0.3, -0.25) is 19.4 Å². The summed E-state index contributed by atoms with van der Waals surface area (Å²) in [6, 6.07) is 9.98. The van der Waals surface area contributed by atoms with Gasteiger partial charge in [-0.15, -0.1) is 10.2 Å². The second-order valence-electron chi connectivity index (χ2n) is 7.92. The summed E-state index contributed by atoms with van der Waals surface area (Å²) in [6.45, 7) is 0.958. The van der Waals surface area contributed by atoms with E-state index < -0.39 is 29.7 Å². The van der Waals surface area contributed by atoms with Crippen molar-refractivity contribution in [1.29, 1.82) is 0 Å².